The molecule has 0 atom stereocenters. The number of pyridine rings is 1. The van der Waals surface area contributed by atoms with Gasteiger partial charge in [-0.15, -0.1) is 4.40 Å². The number of piperidine rings is 1. The van der Waals surface area contributed by atoms with Crippen LogP contribution in [0.3, 0.4) is 0 Å². The number of hydrogen-bond donors (Lipinski definition) is 0. The molecule has 0 N–H and O–H groups in total. The zero-order chi connectivity index (χ0) is 22.3. The van der Waals surface area contributed by atoms with E-state index in [0.717, 1.165) is 10.9 Å². The molecule has 3 heterocycles. The number of amidine groups is 1. The van der Waals surface area contributed by atoms with Crippen LogP contribution in [-0.4, -0.2) is 43.2 Å². The van der Waals surface area contributed by atoms with Gasteiger partial charge in [0.05, 0.1) is 11.4 Å². The van der Waals surface area contributed by atoms with Crippen molar-refractivity contribution in [1.29, 1.82) is 0 Å². The Labute approximate surface area is 190 Å². The van der Waals surface area contributed by atoms with Crippen LogP contribution in [-0.2, 0) is 26.2 Å². The molecule has 2 aromatic carbocycles. The Kier molecular flexibility index (Phi) is 5.35. The number of carbonyl (C=O) groups is 1. The molecule has 0 unspecified atom stereocenters. The van der Waals surface area contributed by atoms with E-state index in [1.807, 2.05) is 35.2 Å². The molecule has 7 nitrogen and oxygen atoms in total. The number of benzene rings is 2. The van der Waals surface area contributed by atoms with E-state index in [-0.39, 0.29) is 23.4 Å². The summed E-state index contributed by atoms with van der Waals surface area (Å²) in [6, 6.07) is 16.3. The van der Waals surface area contributed by atoms with E-state index in [2.05, 4.69) is 9.38 Å². The van der Waals surface area contributed by atoms with Crippen molar-refractivity contribution in [3.05, 3.63) is 70.9 Å². The van der Waals surface area contributed by atoms with Crippen LogP contribution in [0.1, 0.15) is 24.0 Å². The second kappa shape index (κ2) is 8.18. The molecule has 0 aliphatic carbocycles. The van der Waals surface area contributed by atoms with Crippen LogP contribution in [0.5, 0.6) is 0 Å². The lowest BCUT2D eigenvalue weighted by atomic mass is 9.96. The molecule has 1 aromatic heterocycles. The first-order valence-corrected chi connectivity index (χ1v) is 12.1. The normalized spacial score (nSPS) is 17.8. The Hall–Kier alpha value is -2.97. The quantitative estimate of drug-likeness (QED) is 0.428. The van der Waals surface area contributed by atoms with Gasteiger partial charge in [-0.3, -0.25) is 4.79 Å². The molecule has 3 aromatic rings. The fourth-order valence-corrected chi connectivity index (χ4v) is 5.58. The van der Waals surface area contributed by atoms with E-state index in [1.54, 1.807) is 24.3 Å². The number of para-hydroxylation sites is 1. The van der Waals surface area contributed by atoms with E-state index < -0.39 is 10.0 Å². The van der Waals surface area contributed by atoms with Crippen molar-refractivity contribution in [3.8, 4) is 0 Å². The summed E-state index contributed by atoms with van der Waals surface area (Å²) in [5.41, 5.74) is 2.07. The average molecular weight is 470 g/mol. The van der Waals surface area contributed by atoms with Gasteiger partial charge >= 0.3 is 5.97 Å². The third kappa shape index (κ3) is 3.84. The maximum Gasteiger partial charge on any atom is 0.309 e. The van der Waals surface area contributed by atoms with Crippen LogP contribution in [0.25, 0.3) is 10.9 Å². The maximum atomic E-state index is 12.6. The maximum absolute atomic E-state index is 12.6. The van der Waals surface area contributed by atoms with Gasteiger partial charge in [0.15, 0.2) is 5.84 Å². The van der Waals surface area contributed by atoms with E-state index >= 15 is 0 Å². The van der Waals surface area contributed by atoms with Crippen LogP contribution in [0.2, 0.25) is 5.15 Å². The van der Waals surface area contributed by atoms with Crippen molar-refractivity contribution in [2.45, 2.75) is 24.3 Å². The number of halogens is 1. The highest BCUT2D eigenvalue weighted by Gasteiger charge is 2.34. The number of esters is 1. The van der Waals surface area contributed by atoms with Crippen molar-refractivity contribution in [1.82, 2.24) is 9.88 Å². The van der Waals surface area contributed by atoms with Crippen molar-refractivity contribution in [2.75, 3.05) is 13.1 Å². The number of sulfonamides is 1. The fraction of sp³-hybridized carbons (Fsp3) is 0.261. The van der Waals surface area contributed by atoms with Gasteiger partial charge in [-0.2, -0.15) is 8.42 Å². The Balaban J connectivity index is 1.22. The second-order valence-corrected chi connectivity index (χ2v) is 9.82. The molecule has 5 rings (SSSR count). The second-order valence-electron chi connectivity index (χ2n) is 7.89. The summed E-state index contributed by atoms with van der Waals surface area (Å²) in [6.07, 6.45) is 1.12. The van der Waals surface area contributed by atoms with E-state index in [4.69, 9.17) is 16.3 Å². The van der Waals surface area contributed by atoms with Gasteiger partial charge in [0.2, 0.25) is 0 Å². The Bertz CT molecular complexity index is 1350. The molecule has 0 spiro atoms. The number of nitrogens with zero attached hydrogens (tertiary/aromatic N) is 3. The topological polar surface area (TPSA) is 88.9 Å². The number of likely N-dealkylation sites (tertiary alicyclic amines) is 1. The Morgan fingerprint density at radius 1 is 1.09 bits per heavy atom. The lowest BCUT2D eigenvalue weighted by Crippen LogP contribution is -2.40. The third-order valence-corrected chi connectivity index (χ3v) is 7.51. The van der Waals surface area contributed by atoms with Gasteiger partial charge in [0.1, 0.15) is 16.7 Å². The zero-order valence-corrected chi connectivity index (χ0v) is 18.6. The van der Waals surface area contributed by atoms with Gasteiger partial charge in [-0.25, -0.2) is 4.98 Å². The van der Waals surface area contributed by atoms with Gasteiger partial charge in [-0.1, -0.05) is 41.9 Å². The molecule has 0 amide bonds. The third-order valence-electron chi connectivity index (χ3n) is 5.86. The number of hydrogen-bond acceptors (Lipinski definition) is 6. The summed E-state index contributed by atoms with van der Waals surface area (Å²) >= 11 is 6.26. The van der Waals surface area contributed by atoms with Crippen LogP contribution >= 0.6 is 11.6 Å². The summed E-state index contributed by atoms with van der Waals surface area (Å²) in [4.78, 5) is 19.2. The Morgan fingerprint density at radius 3 is 2.62 bits per heavy atom. The minimum atomic E-state index is -3.66. The predicted molar refractivity (Wildman–Crippen MR) is 121 cm³/mol. The highest BCUT2D eigenvalue weighted by atomic mass is 35.5. The molecule has 0 bridgehead atoms. The molecule has 32 heavy (non-hydrogen) atoms. The molecule has 0 saturated carbocycles. The van der Waals surface area contributed by atoms with Gasteiger partial charge in [0, 0.05) is 29.6 Å². The number of aromatic nitrogens is 1. The SMILES string of the molecule is O=C(OCc1cc2ccccc2nc1Cl)C1CCN(C2=NS(=O)(=O)c3ccccc32)CC1. The molecule has 2 aliphatic rings. The lowest BCUT2D eigenvalue weighted by Gasteiger charge is -2.32. The first-order valence-electron chi connectivity index (χ1n) is 10.3. The van der Waals surface area contributed by atoms with Crippen LogP contribution < -0.4 is 0 Å². The lowest BCUT2D eigenvalue weighted by molar-refractivity contribution is -0.151. The predicted octanol–water partition coefficient (Wildman–Crippen LogP) is 3.79. The summed E-state index contributed by atoms with van der Waals surface area (Å²) in [6.45, 7) is 1.12. The van der Waals surface area contributed by atoms with Crippen LogP contribution in [0.15, 0.2) is 63.9 Å². The van der Waals surface area contributed by atoms with E-state index in [0.29, 0.717) is 48.0 Å². The number of ether oxygens (including phenoxy) is 1. The minimum absolute atomic E-state index is 0.0635. The van der Waals surface area contributed by atoms with E-state index in [9.17, 15) is 13.2 Å². The van der Waals surface area contributed by atoms with Crippen molar-refractivity contribution < 1.29 is 17.9 Å². The molecule has 9 heteroatoms. The first kappa shape index (κ1) is 20.9. The minimum Gasteiger partial charge on any atom is -0.460 e. The van der Waals surface area contributed by atoms with Crippen molar-refractivity contribution >= 4 is 44.3 Å². The molecule has 1 fully saturated rings. The highest BCUT2D eigenvalue weighted by Crippen LogP contribution is 2.30. The molecular weight excluding hydrogens is 450 g/mol. The Morgan fingerprint density at radius 2 is 1.81 bits per heavy atom. The van der Waals surface area contributed by atoms with Crippen LogP contribution in [0, 0.1) is 5.92 Å². The smallest absolute Gasteiger partial charge is 0.309 e. The molecular formula is C23H20ClN3O4S. The molecule has 2 aliphatic heterocycles. The fourth-order valence-electron chi connectivity index (χ4n) is 4.15. The van der Waals surface area contributed by atoms with Gasteiger partial charge in [0.25, 0.3) is 10.0 Å². The number of fused-ring (bicyclic) bond motifs is 2. The standard InChI is InChI=1S/C23H20ClN3O4S/c24-21-17(13-16-5-1-3-7-19(16)25-21)14-31-23(28)15-9-11-27(12-10-15)22-18-6-2-4-8-20(18)32(29,30)26-22/h1-8,13,15H,9-12,14H2. The number of carbonyl (C=O) groups excluding carboxylic acids is 1. The summed E-state index contributed by atoms with van der Waals surface area (Å²) < 4.78 is 34.1. The monoisotopic (exact) mass is 469 g/mol. The van der Waals surface area contributed by atoms with E-state index in [1.165, 1.54) is 0 Å². The van der Waals surface area contributed by atoms with Gasteiger partial charge < -0.3 is 9.64 Å². The molecule has 1 saturated heterocycles. The highest BCUT2D eigenvalue weighted by molar-refractivity contribution is 7.90. The van der Waals surface area contributed by atoms with Crippen molar-refractivity contribution in [2.24, 2.45) is 10.3 Å². The summed E-state index contributed by atoms with van der Waals surface area (Å²) in [5, 5.41) is 1.26. The molecule has 164 valence electrons. The molecule has 0 radical (unpaired) electrons. The largest absolute Gasteiger partial charge is 0.460 e. The number of rotatable bonds is 3. The van der Waals surface area contributed by atoms with Crippen molar-refractivity contribution in [3.63, 3.8) is 0 Å². The summed E-state index contributed by atoms with van der Waals surface area (Å²) in [7, 11) is -3.66. The van der Waals surface area contributed by atoms with Gasteiger partial charge in [-0.05, 0) is 37.1 Å². The average Bonchev–Trinajstić information content (AvgIpc) is 3.08. The first-order chi connectivity index (χ1) is 15.4. The zero-order valence-electron chi connectivity index (χ0n) is 17.1. The summed E-state index contributed by atoms with van der Waals surface area (Å²) in [5.74, 6) is -0.0796. The van der Waals surface area contributed by atoms with Crippen LogP contribution in [0.4, 0.5) is 0 Å².